The summed E-state index contributed by atoms with van der Waals surface area (Å²) in [6.45, 7) is 1.86. The molecule has 0 atom stereocenters. The van der Waals surface area contributed by atoms with Crippen molar-refractivity contribution in [3.63, 3.8) is 0 Å². The number of anilines is 1. The maximum atomic E-state index is 12.8. The second-order valence-electron chi connectivity index (χ2n) is 6.61. The van der Waals surface area contributed by atoms with Crippen molar-refractivity contribution < 1.29 is 14.2 Å². The van der Waals surface area contributed by atoms with Crippen molar-refractivity contribution in [1.82, 2.24) is 10.1 Å². The molecule has 9 heteroatoms. The average Bonchev–Trinajstić information content (AvgIpc) is 3.24. The van der Waals surface area contributed by atoms with Crippen molar-refractivity contribution in [2.24, 2.45) is 0 Å². The van der Waals surface area contributed by atoms with E-state index in [0.717, 1.165) is 5.56 Å². The second kappa shape index (κ2) is 7.92. The van der Waals surface area contributed by atoms with Crippen LogP contribution in [0.5, 0.6) is 0 Å². The van der Waals surface area contributed by atoms with Crippen LogP contribution >= 0.6 is 11.6 Å². The van der Waals surface area contributed by atoms with E-state index in [1.807, 2.05) is 11.0 Å². The maximum Gasteiger partial charge on any atom is 0.292 e. The van der Waals surface area contributed by atoms with Crippen molar-refractivity contribution >= 4 is 28.9 Å². The molecule has 0 aliphatic carbocycles. The molecule has 2 heterocycles. The Hall–Kier alpha value is -3.39. The third kappa shape index (κ3) is 3.93. The van der Waals surface area contributed by atoms with Crippen molar-refractivity contribution in [3.05, 3.63) is 75.4 Å². The van der Waals surface area contributed by atoms with Crippen LogP contribution in [-0.2, 0) is 0 Å². The van der Waals surface area contributed by atoms with Crippen LogP contribution in [0.15, 0.2) is 59.1 Å². The lowest BCUT2D eigenvalue weighted by Gasteiger charge is -2.35. The number of para-hydroxylation sites is 2. The summed E-state index contributed by atoms with van der Waals surface area (Å²) >= 11 is 6.00. The van der Waals surface area contributed by atoms with Crippen LogP contribution in [0.2, 0.25) is 5.02 Å². The van der Waals surface area contributed by atoms with E-state index in [1.54, 1.807) is 47.4 Å². The average molecular weight is 413 g/mol. The number of carbonyl (C=O) groups is 1. The van der Waals surface area contributed by atoms with Crippen molar-refractivity contribution in [1.29, 1.82) is 0 Å². The predicted octanol–water partition coefficient (Wildman–Crippen LogP) is 3.87. The standard InChI is InChI=1S/C20H17ClN4O4/c21-15-5-3-4-14(12-15)19-13-16(22-29-19)20(26)24-10-8-23(9-11-24)17-6-1-2-7-18(17)25(27)28/h1-7,12-13H,8-11H2. The molecule has 0 saturated carbocycles. The molecule has 0 unspecified atom stereocenters. The Balaban J connectivity index is 1.44. The fourth-order valence-electron chi connectivity index (χ4n) is 3.35. The van der Waals surface area contributed by atoms with Gasteiger partial charge in [-0.05, 0) is 18.2 Å². The Kier molecular flexibility index (Phi) is 5.18. The molecule has 2 aromatic carbocycles. The molecule has 0 spiro atoms. The van der Waals surface area contributed by atoms with Crippen LogP contribution in [0.4, 0.5) is 11.4 Å². The van der Waals surface area contributed by atoms with Gasteiger partial charge in [-0.3, -0.25) is 14.9 Å². The first-order valence-corrected chi connectivity index (χ1v) is 9.41. The highest BCUT2D eigenvalue weighted by Gasteiger charge is 2.27. The van der Waals surface area contributed by atoms with Crippen LogP contribution in [0.1, 0.15) is 10.5 Å². The van der Waals surface area contributed by atoms with Gasteiger partial charge in [0, 0.05) is 48.9 Å². The van der Waals surface area contributed by atoms with Crippen LogP contribution in [-0.4, -0.2) is 47.1 Å². The van der Waals surface area contributed by atoms with E-state index < -0.39 is 0 Å². The van der Waals surface area contributed by atoms with Crippen LogP contribution in [0.25, 0.3) is 11.3 Å². The summed E-state index contributed by atoms with van der Waals surface area (Å²) in [4.78, 5) is 27.2. The highest BCUT2D eigenvalue weighted by Crippen LogP contribution is 2.29. The Labute approximate surface area is 171 Å². The lowest BCUT2D eigenvalue weighted by Crippen LogP contribution is -2.49. The van der Waals surface area contributed by atoms with E-state index in [4.69, 9.17) is 16.1 Å². The van der Waals surface area contributed by atoms with E-state index in [2.05, 4.69) is 5.16 Å². The van der Waals surface area contributed by atoms with Gasteiger partial charge in [0.05, 0.1) is 4.92 Å². The van der Waals surface area contributed by atoms with Crippen LogP contribution in [0, 0.1) is 10.1 Å². The summed E-state index contributed by atoms with van der Waals surface area (Å²) in [5, 5.41) is 15.7. The maximum absolute atomic E-state index is 12.8. The van der Waals surface area contributed by atoms with Crippen molar-refractivity contribution in [2.75, 3.05) is 31.1 Å². The molecule has 1 aliphatic heterocycles. The number of nitro benzene ring substituents is 1. The fraction of sp³-hybridized carbons (Fsp3) is 0.200. The monoisotopic (exact) mass is 412 g/mol. The number of hydrogen-bond acceptors (Lipinski definition) is 6. The molecule has 1 amide bonds. The van der Waals surface area contributed by atoms with Crippen LogP contribution in [0.3, 0.4) is 0 Å². The number of hydrogen-bond donors (Lipinski definition) is 0. The normalized spacial score (nSPS) is 14.1. The van der Waals surface area contributed by atoms with E-state index in [1.165, 1.54) is 6.07 Å². The minimum absolute atomic E-state index is 0.0648. The second-order valence-corrected chi connectivity index (χ2v) is 7.05. The number of piperazine rings is 1. The topological polar surface area (TPSA) is 92.7 Å². The lowest BCUT2D eigenvalue weighted by atomic mass is 10.1. The third-order valence-corrected chi connectivity index (χ3v) is 5.06. The minimum Gasteiger partial charge on any atom is -0.362 e. The van der Waals surface area contributed by atoms with Gasteiger partial charge < -0.3 is 14.3 Å². The summed E-state index contributed by atoms with van der Waals surface area (Å²) in [5.41, 5.74) is 1.59. The smallest absolute Gasteiger partial charge is 0.292 e. The largest absolute Gasteiger partial charge is 0.362 e. The molecular weight excluding hydrogens is 396 g/mol. The minimum atomic E-state index is -0.389. The summed E-state index contributed by atoms with van der Waals surface area (Å²) in [5.74, 6) is 0.235. The molecule has 0 radical (unpaired) electrons. The zero-order chi connectivity index (χ0) is 20.4. The molecule has 148 valence electrons. The molecule has 0 N–H and O–H groups in total. The van der Waals surface area contributed by atoms with E-state index in [9.17, 15) is 14.9 Å². The van der Waals surface area contributed by atoms with Gasteiger partial charge in [-0.1, -0.05) is 41.0 Å². The van der Waals surface area contributed by atoms with Gasteiger partial charge in [0.1, 0.15) is 5.69 Å². The Bertz CT molecular complexity index is 1060. The molecule has 3 aromatic rings. The molecule has 1 aromatic heterocycles. The lowest BCUT2D eigenvalue weighted by molar-refractivity contribution is -0.384. The number of carbonyl (C=O) groups excluding carboxylic acids is 1. The summed E-state index contributed by atoms with van der Waals surface area (Å²) < 4.78 is 5.31. The predicted molar refractivity (Wildman–Crippen MR) is 108 cm³/mol. The van der Waals surface area contributed by atoms with E-state index >= 15 is 0 Å². The zero-order valence-corrected chi connectivity index (χ0v) is 16.1. The molecular formula is C20H17ClN4O4. The van der Waals surface area contributed by atoms with E-state index in [0.29, 0.717) is 42.6 Å². The van der Waals surface area contributed by atoms with Gasteiger partial charge in [-0.25, -0.2) is 0 Å². The first kappa shape index (κ1) is 18.9. The molecule has 1 aliphatic rings. The Morgan fingerprint density at radius 3 is 2.55 bits per heavy atom. The molecule has 1 fully saturated rings. The molecule has 29 heavy (non-hydrogen) atoms. The number of benzene rings is 2. The number of aromatic nitrogens is 1. The third-order valence-electron chi connectivity index (χ3n) is 4.82. The Morgan fingerprint density at radius 1 is 1.07 bits per heavy atom. The number of nitro groups is 1. The van der Waals surface area contributed by atoms with Gasteiger partial charge in [0.25, 0.3) is 11.6 Å². The summed E-state index contributed by atoms with van der Waals surface area (Å²) in [6.07, 6.45) is 0. The summed E-state index contributed by atoms with van der Waals surface area (Å²) in [7, 11) is 0. The molecule has 8 nitrogen and oxygen atoms in total. The summed E-state index contributed by atoms with van der Waals surface area (Å²) in [6, 6.07) is 15.3. The highest BCUT2D eigenvalue weighted by atomic mass is 35.5. The first-order chi connectivity index (χ1) is 14.0. The first-order valence-electron chi connectivity index (χ1n) is 9.03. The van der Waals surface area contributed by atoms with Gasteiger partial charge in [-0.2, -0.15) is 0 Å². The molecule has 0 bridgehead atoms. The Morgan fingerprint density at radius 2 is 1.83 bits per heavy atom. The van der Waals surface area contributed by atoms with Crippen molar-refractivity contribution in [3.8, 4) is 11.3 Å². The zero-order valence-electron chi connectivity index (χ0n) is 15.3. The number of halogens is 1. The van der Waals surface area contributed by atoms with Crippen molar-refractivity contribution in [2.45, 2.75) is 0 Å². The SMILES string of the molecule is O=C(c1cc(-c2cccc(Cl)c2)on1)N1CCN(c2ccccc2[N+](=O)[O-])CC1. The highest BCUT2D eigenvalue weighted by molar-refractivity contribution is 6.30. The molecule has 1 saturated heterocycles. The van der Waals surface area contributed by atoms with Gasteiger partial charge >= 0.3 is 0 Å². The quantitative estimate of drug-likeness (QED) is 0.477. The van der Waals surface area contributed by atoms with E-state index in [-0.39, 0.29) is 22.2 Å². The van der Waals surface area contributed by atoms with Gasteiger partial charge in [0.2, 0.25) is 0 Å². The molecule has 4 rings (SSSR count). The van der Waals surface area contributed by atoms with Gasteiger partial charge in [0.15, 0.2) is 11.5 Å². The number of nitrogens with zero attached hydrogens (tertiary/aromatic N) is 4. The van der Waals surface area contributed by atoms with Crippen LogP contribution < -0.4 is 4.90 Å². The van der Waals surface area contributed by atoms with Gasteiger partial charge in [-0.15, -0.1) is 0 Å². The number of amides is 1. The fourth-order valence-corrected chi connectivity index (χ4v) is 3.54. The number of rotatable bonds is 4.